The highest BCUT2D eigenvalue weighted by Crippen LogP contribution is 2.32. The molecular weight excluding hydrogens is 248 g/mol. The van der Waals surface area contributed by atoms with E-state index in [1.165, 1.54) is 18.5 Å². The summed E-state index contributed by atoms with van der Waals surface area (Å²) in [6.07, 6.45) is 3.04. The Morgan fingerprint density at radius 1 is 1.37 bits per heavy atom. The second-order valence-corrected chi connectivity index (χ2v) is 3.86. The van der Waals surface area contributed by atoms with Crippen LogP contribution in [-0.2, 0) is 6.54 Å². The van der Waals surface area contributed by atoms with Crippen LogP contribution in [-0.4, -0.2) is 14.9 Å². The van der Waals surface area contributed by atoms with Gasteiger partial charge in [0.2, 0.25) is 5.75 Å². The fraction of sp³-hybridized carbons (Fsp3) is 0.167. The van der Waals surface area contributed by atoms with Crippen molar-refractivity contribution < 1.29 is 9.66 Å². The predicted octanol–water partition coefficient (Wildman–Crippen LogP) is 1.94. The minimum absolute atomic E-state index is 0.0506. The van der Waals surface area contributed by atoms with Gasteiger partial charge < -0.3 is 10.5 Å². The summed E-state index contributed by atoms with van der Waals surface area (Å²) >= 11 is 0. The van der Waals surface area contributed by atoms with E-state index in [9.17, 15) is 10.1 Å². The van der Waals surface area contributed by atoms with E-state index < -0.39 is 4.92 Å². The highest BCUT2D eigenvalue weighted by molar-refractivity contribution is 5.52. The number of hydrogen-bond acceptors (Lipinski definition) is 6. The quantitative estimate of drug-likeness (QED) is 0.665. The molecule has 19 heavy (non-hydrogen) atoms. The van der Waals surface area contributed by atoms with Gasteiger partial charge in [0.1, 0.15) is 0 Å². The first-order valence-electron chi connectivity index (χ1n) is 5.54. The summed E-state index contributed by atoms with van der Waals surface area (Å²) in [6, 6.07) is 4.74. The minimum atomic E-state index is -0.503. The van der Waals surface area contributed by atoms with Gasteiger partial charge in [-0.1, -0.05) is 12.1 Å². The number of nitro groups is 1. The lowest BCUT2D eigenvalue weighted by molar-refractivity contribution is -0.385. The first-order valence-corrected chi connectivity index (χ1v) is 5.54. The Labute approximate surface area is 109 Å². The van der Waals surface area contributed by atoms with Crippen molar-refractivity contribution in [3.8, 4) is 11.8 Å². The molecular formula is C12H12N4O3. The normalized spacial score (nSPS) is 10.2. The molecule has 0 radical (unpaired) electrons. The zero-order valence-electron chi connectivity index (χ0n) is 10.2. The number of nitro benzene ring substituents is 1. The van der Waals surface area contributed by atoms with Crippen LogP contribution in [0.1, 0.15) is 11.1 Å². The lowest BCUT2D eigenvalue weighted by Crippen LogP contribution is -2.01. The van der Waals surface area contributed by atoms with E-state index in [1.807, 2.05) is 0 Å². The van der Waals surface area contributed by atoms with Crippen LogP contribution in [0.25, 0.3) is 0 Å². The molecule has 1 aromatic carbocycles. The molecule has 0 spiro atoms. The van der Waals surface area contributed by atoms with Gasteiger partial charge in [0.25, 0.3) is 0 Å². The maximum atomic E-state index is 10.9. The smallest absolute Gasteiger partial charge is 0.322 e. The Kier molecular flexibility index (Phi) is 3.67. The van der Waals surface area contributed by atoms with Crippen molar-refractivity contribution in [1.82, 2.24) is 9.97 Å². The maximum Gasteiger partial charge on any atom is 0.322 e. The lowest BCUT2D eigenvalue weighted by atomic mass is 10.2. The fourth-order valence-corrected chi connectivity index (χ4v) is 1.51. The molecule has 0 aliphatic heterocycles. The van der Waals surface area contributed by atoms with Crippen LogP contribution in [0.15, 0.2) is 30.6 Å². The van der Waals surface area contributed by atoms with E-state index in [4.69, 9.17) is 10.5 Å². The SMILES string of the molecule is Cc1cccc([N+](=O)[O-])c1Oc1ncc(CN)cn1. The summed E-state index contributed by atoms with van der Waals surface area (Å²) in [5.74, 6) is 0.146. The number of aromatic nitrogens is 2. The molecule has 0 aliphatic carbocycles. The topological polar surface area (TPSA) is 104 Å². The number of nitrogens with two attached hydrogens (primary N) is 1. The number of para-hydroxylation sites is 1. The van der Waals surface area contributed by atoms with E-state index in [2.05, 4.69) is 9.97 Å². The van der Waals surface area contributed by atoms with Crippen molar-refractivity contribution >= 4 is 5.69 Å². The summed E-state index contributed by atoms with van der Waals surface area (Å²) < 4.78 is 5.40. The summed E-state index contributed by atoms with van der Waals surface area (Å²) in [4.78, 5) is 18.3. The molecule has 0 saturated heterocycles. The van der Waals surface area contributed by atoms with Gasteiger partial charge >= 0.3 is 11.7 Å². The molecule has 0 saturated carbocycles. The molecule has 0 unspecified atom stereocenters. The van der Waals surface area contributed by atoms with Crippen LogP contribution in [0.4, 0.5) is 5.69 Å². The average Bonchev–Trinajstić information content (AvgIpc) is 2.41. The molecule has 1 heterocycles. The number of benzene rings is 1. The van der Waals surface area contributed by atoms with Gasteiger partial charge in [-0.05, 0) is 12.5 Å². The molecule has 0 fully saturated rings. The van der Waals surface area contributed by atoms with Gasteiger partial charge in [-0.15, -0.1) is 0 Å². The minimum Gasteiger partial charge on any atom is -0.417 e. The highest BCUT2D eigenvalue weighted by atomic mass is 16.6. The van der Waals surface area contributed by atoms with Crippen LogP contribution < -0.4 is 10.5 Å². The van der Waals surface area contributed by atoms with Crippen molar-refractivity contribution in [2.24, 2.45) is 5.73 Å². The Hall–Kier alpha value is -2.54. The van der Waals surface area contributed by atoms with Crippen molar-refractivity contribution in [3.63, 3.8) is 0 Å². The van der Waals surface area contributed by atoms with Crippen molar-refractivity contribution in [1.29, 1.82) is 0 Å². The maximum absolute atomic E-state index is 10.9. The Morgan fingerprint density at radius 3 is 2.63 bits per heavy atom. The molecule has 7 heteroatoms. The van der Waals surface area contributed by atoms with E-state index >= 15 is 0 Å². The molecule has 98 valence electrons. The molecule has 2 aromatic rings. The number of hydrogen-bond donors (Lipinski definition) is 1. The van der Waals surface area contributed by atoms with Gasteiger partial charge in [-0.2, -0.15) is 0 Å². The first-order chi connectivity index (χ1) is 9.11. The molecule has 0 aliphatic rings. The van der Waals surface area contributed by atoms with Gasteiger partial charge in [0, 0.05) is 30.6 Å². The predicted molar refractivity (Wildman–Crippen MR) is 67.8 cm³/mol. The van der Waals surface area contributed by atoms with Crippen molar-refractivity contribution in [2.75, 3.05) is 0 Å². The molecule has 2 rings (SSSR count). The third-order valence-electron chi connectivity index (χ3n) is 2.50. The van der Waals surface area contributed by atoms with Crippen LogP contribution in [0.3, 0.4) is 0 Å². The van der Waals surface area contributed by atoms with Crippen molar-refractivity contribution in [2.45, 2.75) is 13.5 Å². The number of ether oxygens (including phenoxy) is 1. The van der Waals surface area contributed by atoms with E-state index in [0.29, 0.717) is 12.1 Å². The summed E-state index contributed by atoms with van der Waals surface area (Å²) in [5.41, 5.74) is 6.71. The number of nitrogens with zero attached hydrogens (tertiary/aromatic N) is 3. The standard InChI is InChI=1S/C12H12N4O3/c1-8-3-2-4-10(16(17)18)11(8)19-12-14-6-9(5-13)7-15-12/h2-4,6-7H,5,13H2,1H3. The Balaban J connectivity index is 2.34. The second-order valence-electron chi connectivity index (χ2n) is 3.86. The Bertz CT molecular complexity index is 598. The van der Waals surface area contributed by atoms with Gasteiger partial charge in [0.15, 0.2) is 0 Å². The highest BCUT2D eigenvalue weighted by Gasteiger charge is 2.18. The number of rotatable bonds is 4. The van der Waals surface area contributed by atoms with Gasteiger partial charge in [0.05, 0.1) is 4.92 Å². The molecule has 0 atom stereocenters. The largest absolute Gasteiger partial charge is 0.417 e. The van der Waals surface area contributed by atoms with Crippen molar-refractivity contribution in [3.05, 3.63) is 51.8 Å². The third kappa shape index (κ3) is 2.83. The van der Waals surface area contributed by atoms with E-state index in [-0.39, 0.29) is 17.4 Å². The molecule has 7 nitrogen and oxygen atoms in total. The molecule has 0 amide bonds. The summed E-state index contributed by atoms with van der Waals surface area (Å²) in [7, 11) is 0. The summed E-state index contributed by atoms with van der Waals surface area (Å²) in [5, 5.41) is 10.9. The third-order valence-corrected chi connectivity index (χ3v) is 2.50. The zero-order chi connectivity index (χ0) is 13.8. The first kappa shape index (κ1) is 12.9. The second kappa shape index (κ2) is 5.40. The molecule has 1 aromatic heterocycles. The molecule has 2 N–H and O–H groups in total. The average molecular weight is 260 g/mol. The van der Waals surface area contributed by atoms with E-state index in [0.717, 1.165) is 5.56 Å². The summed E-state index contributed by atoms with van der Waals surface area (Å²) in [6.45, 7) is 2.04. The van der Waals surface area contributed by atoms with Gasteiger partial charge in [-0.3, -0.25) is 10.1 Å². The Morgan fingerprint density at radius 2 is 2.05 bits per heavy atom. The van der Waals surface area contributed by atoms with E-state index in [1.54, 1.807) is 19.1 Å². The lowest BCUT2D eigenvalue weighted by Gasteiger charge is -2.07. The fourth-order valence-electron chi connectivity index (χ4n) is 1.51. The number of aryl methyl sites for hydroxylation is 1. The van der Waals surface area contributed by atoms with Crippen LogP contribution in [0, 0.1) is 17.0 Å². The van der Waals surface area contributed by atoms with Crippen LogP contribution in [0.2, 0.25) is 0 Å². The van der Waals surface area contributed by atoms with Crippen LogP contribution in [0.5, 0.6) is 11.8 Å². The molecule has 0 bridgehead atoms. The van der Waals surface area contributed by atoms with Crippen LogP contribution >= 0.6 is 0 Å². The monoisotopic (exact) mass is 260 g/mol. The zero-order valence-corrected chi connectivity index (χ0v) is 10.2. The van der Waals surface area contributed by atoms with Gasteiger partial charge in [-0.25, -0.2) is 9.97 Å².